The zero-order valence-electron chi connectivity index (χ0n) is 18.1. The summed E-state index contributed by atoms with van der Waals surface area (Å²) >= 11 is 0. The van der Waals surface area contributed by atoms with E-state index in [9.17, 15) is 18.4 Å². The zero-order valence-corrected chi connectivity index (χ0v) is 18.1. The van der Waals surface area contributed by atoms with Gasteiger partial charge in [0.1, 0.15) is 11.6 Å². The molecular formula is C24H29F2N3O2. The quantitative estimate of drug-likeness (QED) is 0.726. The van der Waals surface area contributed by atoms with E-state index in [-0.39, 0.29) is 23.6 Å². The van der Waals surface area contributed by atoms with Gasteiger partial charge in [0.15, 0.2) is 0 Å². The number of hydrogen-bond acceptors (Lipinski definition) is 3. The van der Waals surface area contributed by atoms with Gasteiger partial charge < -0.3 is 15.5 Å². The Balaban J connectivity index is 1.62. The van der Waals surface area contributed by atoms with Crippen LogP contribution in [0, 0.1) is 17.6 Å². The number of piperidine rings is 1. The van der Waals surface area contributed by atoms with Crippen LogP contribution >= 0.6 is 0 Å². The van der Waals surface area contributed by atoms with Gasteiger partial charge in [0.05, 0.1) is 11.1 Å². The molecule has 2 amide bonds. The molecule has 1 aliphatic rings. The molecule has 31 heavy (non-hydrogen) atoms. The molecule has 0 spiro atoms. The Hall–Kier alpha value is -2.96. The third-order valence-electron chi connectivity index (χ3n) is 5.85. The molecule has 0 aromatic heterocycles. The topological polar surface area (TPSA) is 61.4 Å². The van der Waals surface area contributed by atoms with Gasteiger partial charge in [-0.15, -0.1) is 0 Å². The van der Waals surface area contributed by atoms with Gasteiger partial charge in [-0.25, -0.2) is 8.78 Å². The lowest BCUT2D eigenvalue weighted by Crippen LogP contribution is -2.45. The van der Waals surface area contributed by atoms with Crippen molar-refractivity contribution >= 4 is 17.5 Å². The number of amides is 2. The fraction of sp³-hybridized carbons (Fsp3) is 0.417. The molecule has 0 bridgehead atoms. The molecule has 0 unspecified atom stereocenters. The largest absolute Gasteiger partial charge is 0.371 e. The normalized spacial score (nSPS) is 15.6. The fourth-order valence-corrected chi connectivity index (χ4v) is 3.59. The number of rotatable bonds is 6. The van der Waals surface area contributed by atoms with E-state index in [0.717, 1.165) is 17.8 Å². The molecule has 166 valence electrons. The number of benzene rings is 2. The Kier molecular flexibility index (Phi) is 7.25. The summed E-state index contributed by atoms with van der Waals surface area (Å²) in [5.74, 6) is -1.89. The summed E-state index contributed by atoms with van der Waals surface area (Å²) in [4.78, 5) is 27.3. The summed E-state index contributed by atoms with van der Waals surface area (Å²) in [5.41, 5.74) is 1.33. The number of carbonyl (C=O) groups excluding carboxylic acids is 2. The number of halogens is 2. The standard InChI is InChI=1S/C24H29F2N3O2/c1-15(2)16(3)27-24(31)20-6-4-5-7-22(20)29-12-10-18(11-13-29)28-23(30)19-9-8-17(25)14-21(19)26/h4-9,14-16,18H,10-13H2,1-3H3,(H,27,31)(H,28,30)/t16-/m0/s1. The predicted molar refractivity (Wildman–Crippen MR) is 117 cm³/mol. The highest BCUT2D eigenvalue weighted by atomic mass is 19.1. The van der Waals surface area contributed by atoms with E-state index in [1.54, 1.807) is 0 Å². The van der Waals surface area contributed by atoms with Crippen LogP contribution in [0.3, 0.4) is 0 Å². The SMILES string of the molecule is CC(C)[C@H](C)NC(=O)c1ccccc1N1CCC(NC(=O)c2ccc(F)cc2F)CC1. The van der Waals surface area contributed by atoms with Gasteiger partial charge in [0.25, 0.3) is 11.8 Å². The molecule has 2 aromatic carbocycles. The maximum absolute atomic E-state index is 13.9. The number of para-hydroxylation sites is 1. The number of nitrogens with zero attached hydrogens (tertiary/aromatic N) is 1. The van der Waals surface area contributed by atoms with Crippen LogP contribution in [-0.4, -0.2) is 37.0 Å². The molecular weight excluding hydrogens is 400 g/mol. The van der Waals surface area contributed by atoms with Crippen molar-refractivity contribution in [2.24, 2.45) is 5.92 Å². The van der Waals surface area contributed by atoms with E-state index < -0.39 is 17.5 Å². The second-order valence-electron chi connectivity index (χ2n) is 8.38. The smallest absolute Gasteiger partial charge is 0.254 e. The first-order valence-corrected chi connectivity index (χ1v) is 10.7. The van der Waals surface area contributed by atoms with E-state index in [1.807, 2.05) is 31.2 Å². The molecule has 1 heterocycles. The van der Waals surface area contributed by atoms with Crippen LogP contribution in [0.25, 0.3) is 0 Å². The van der Waals surface area contributed by atoms with Crippen molar-refractivity contribution in [3.63, 3.8) is 0 Å². The summed E-state index contributed by atoms with van der Waals surface area (Å²) in [7, 11) is 0. The van der Waals surface area contributed by atoms with Crippen LogP contribution in [0.4, 0.5) is 14.5 Å². The Morgan fingerprint density at radius 2 is 1.65 bits per heavy atom. The van der Waals surface area contributed by atoms with Crippen LogP contribution in [0.5, 0.6) is 0 Å². The zero-order chi connectivity index (χ0) is 22.5. The first-order valence-electron chi connectivity index (χ1n) is 10.7. The average Bonchev–Trinajstić information content (AvgIpc) is 2.74. The summed E-state index contributed by atoms with van der Waals surface area (Å²) < 4.78 is 26.9. The molecule has 1 fully saturated rings. The van der Waals surface area contributed by atoms with Gasteiger partial charge >= 0.3 is 0 Å². The van der Waals surface area contributed by atoms with E-state index in [0.29, 0.717) is 43.5 Å². The van der Waals surface area contributed by atoms with Gasteiger partial charge in [0, 0.05) is 36.9 Å². The Morgan fingerprint density at radius 1 is 0.968 bits per heavy atom. The van der Waals surface area contributed by atoms with Gasteiger partial charge in [-0.2, -0.15) is 0 Å². The minimum atomic E-state index is -0.870. The van der Waals surface area contributed by atoms with Crippen LogP contribution in [-0.2, 0) is 0 Å². The molecule has 1 aliphatic heterocycles. The van der Waals surface area contributed by atoms with Gasteiger partial charge in [-0.3, -0.25) is 9.59 Å². The minimum absolute atomic E-state index is 0.0633. The second kappa shape index (κ2) is 9.90. The summed E-state index contributed by atoms with van der Waals surface area (Å²) in [5, 5.41) is 5.89. The van der Waals surface area contributed by atoms with Gasteiger partial charge in [0.2, 0.25) is 0 Å². The van der Waals surface area contributed by atoms with Crippen LogP contribution in [0.15, 0.2) is 42.5 Å². The first-order chi connectivity index (χ1) is 14.8. The van der Waals surface area contributed by atoms with Crippen molar-refractivity contribution in [1.82, 2.24) is 10.6 Å². The molecule has 1 atom stereocenters. The lowest BCUT2D eigenvalue weighted by atomic mass is 10.0. The van der Waals surface area contributed by atoms with Crippen LogP contribution in [0.2, 0.25) is 0 Å². The average molecular weight is 430 g/mol. The molecule has 2 aromatic rings. The van der Waals surface area contributed by atoms with Crippen molar-refractivity contribution < 1.29 is 18.4 Å². The molecule has 2 N–H and O–H groups in total. The van der Waals surface area contributed by atoms with Gasteiger partial charge in [-0.1, -0.05) is 26.0 Å². The Bertz CT molecular complexity index is 940. The molecule has 7 heteroatoms. The fourth-order valence-electron chi connectivity index (χ4n) is 3.59. The second-order valence-corrected chi connectivity index (χ2v) is 8.38. The monoisotopic (exact) mass is 429 g/mol. The Labute approximate surface area is 181 Å². The maximum atomic E-state index is 13.9. The van der Waals surface area contributed by atoms with Crippen molar-refractivity contribution in [3.05, 3.63) is 65.2 Å². The van der Waals surface area contributed by atoms with Crippen molar-refractivity contribution in [3.8, 4) is 0 Å². The van der Waals surface area contributed by atoms with E-state index >= 15 is 0 Å². The van der Waals surface area contributed by atoms with Crippen molar-refractivity contribution in [1.29, 1.82) is 0 Å². The summed E-state index contributed by atoms with van der Waals surface area (Å²) in [6.07, 6.45) is 1.32. The number of carbonyl (C=O) groups is 2. The molecule has 1 saturated heterocycles. The molecule has 0 aliphatic carbocycles. The van der Waals surface area contributed by atoms with E-state index in [4.69, 9.17) is 0 Å². The van der Waals surface area contributed by atoms with Crippen LogP contribution < -0.4 is 15.5 Å². The Morgan fingerprint density at radius 3 is 2.29 bits per heavy atom. The van der Waals surface area contributed by atoms with E-state index in [2.05, 4.69) is 29.4 Å². The predicted octanol–water partition coefficient (Wildman–Crippen LogP) is 4.14. The number of hydrogen-bond donors (Lipinski definition) is 2. The third-order valence-corrected chi connectivity index (χ3v) is 5.85. The van der Waals surface area contributed by atoms with Crippen molar-refractivity contribution in [2.75, 3.05) is 18.0 Å². The molecule has 5 nitrogen and oxygen atoms in total. The highest BCUT2D eigenvalue weighted by molar-refractivity contribution is 6.00. The molecule has 0 saturated carbocycles. The maximum Gasteiger partial charge on any atom is 0.254 e. The van der Waals surface area contributed by atoms with Crippen molar-refractivity contribution in [2.45, 2.75) is 45.7 Å². The highest BCUT2D eigenvalue weighted by Crippen LogP contribution is 2.25. The minimum Gasteiger partial charge on any atom is -0.371 e. The first kappa shape index (κ1) is 22.7. The summed E-state index contributed by atoms with van der Waals surface area (Å²) in [6, 6.07) is 10.4. The number of anilines is 1. The number of nitrogens with one attached hydrogen (secondary N) is 2. The molecule has 0 radical (unpaired) electrons. The molecule has 3 rings (SSSR count). The lowest BCUT2D eigenvalue weighted by Gasteiger charge is -2.35. The lowest BCUT2D eigenvalue weighted by molar-refractivity contribution is 0.0922. The summed E-state index contributed by atoms with van der Waals surface area (Å²) in [6.45, 7) is 7.42. The van der Waals surface area contributed by atoms with E-state index in [1.165, 1.54) is 0 Å². The van der Waals surface area contributed by atoms with Crippen LogP contribution in [0.1, 0.15) is 54.3 Å². The third kappa shape index (κ3) is 5.60. The van der Waals surface area contributed by atoms with Gasteiger partial charge in [-0.05, 0) is 49.9 Å². The highest BCUT2D eigenvalue weighted by Gasteiger charge is 2.25.